The number of likely N-dealkylation sites (tertiary alicyclic amines) is 1. The second kappa shape index (κ2) is 6.72. The van der Waals surface area contributed by atoms with Crippen molar-refractivity contribution in [2.75, 3.05) is 19.7 Å². The second-order valence-corrected chi connectivity index (χ2v) is 6.33. The van der Waals surface area contributed by atoms with E-state index in [1.54, 1.807) is 4.90 Å². The molecule has 2 aromatic rings. The fraction of sp³-hybridized carbons (Fsp3) is 0.625. The number of rotatable bonds is 6. The summed E-state index contributed by atoms with van der Waals surface area (Å²) in [6, 6.07) is 0. The summed E-state index contributed by atoms with van der Waals surface area (Å²) in [4.78, 5) is 22.4. The maximum atomic E-state index is 12.3. The van der Waals surface area contributed by atoms with Crippen LogP contribution in [-0.4, -0.2) is 51.7 Å². The fourth-order valence-corrected chi connectivity index (χ4v) is 2.92. The van der Waals surface area contributed by atoms with Gasteiger partial charge in [0.05, 0.1) is 12.7 Å². The SMILES string of the molecule is O=C(c1cocn1)N1CCCC(OCCc2noc(C3CC3)n2)C1. The predicted molar refractivity (Wildman–Crippen MR) is 81.4 cm³/mol. The van der Waals surface area contributed by atoms with E-state index in [2.05, 4.69) is 15.1 Å². The molecule has 0 aromatic carbocycles. The van der Waals surface area contributed by atoms with E-state index in [9.17, 15) is 4.79 Å². The molecular weight excluding hydrogens is 312 g/mol. The van der Waals surface area contributed by atoms with Gasteiger partial charge in [0.25, 0.3) is 5.91 Å². The van der Waals surface area contributed by atoms with E-state index in [-0.39, 0.29) is 12.0 Å². The molecule has 8 heteroatoms. The normalized spacial score (nSPS) is 21.2. The van der Waals surface area contributed by atoms with Crippen LogP contribution in [0.4, 0.5) is 0 Å². The molecule has 2 fully saturated rings. The van der Waals surface area contributed by atoms with E-state index >= 15 is 0 Å². The summed E-state index contributed by atoms with van der Waals surface area (Å²) in [5, 5.41) is 3.99. The lowest BCUT2D eigenvalue weighted by atomic mass is 10.1. The minimum absolute atomic E-state index is 0.0319. The molecule has 8 nitrogen and oxygen atoms in total. The maximum Gasteiger partial charge on any atom is 0.275 e. The number of carbonyl (C=O) groups excluding carboxylic acids is 1. The summed E-state index contributed by atoms with van der Waals surface area (Å²) in [5.41, 5.74) is 0.343. The van der Waals surface area contributed by atoms with Crippen molar-refractivity contribution in [3.8, 4) is 0 Å². The van der Waals surface area contributed by atoms with Gasteiger partial charge < -0.3 is 18.6 Å². The number of nitrogens with zero attached hydrogens (tertiary/aromatic N) is 4. The summed E-state index contributed by atoms with van der Waals surface area (Å²) < 4.78 is 16.0. The Morgan fingerprint density at radius 2 is 2.29 bits per heavy atom. The molecule has 1 aliphatic heterocycles. The number of aromatic nitrogens is 3. The van der Waals surface area contributed by atoms with Crippen LogP contribution in [0.15, 0.2) is 21.6 Å². The number of hydrogen-bond donors (Lipinski definition) is 0. The van der Waals surface area contributed by atoms with Crippen molar-refractivity contribution in [3.05, 3.63) is 30.1 Å². The molecule has 2 aromatic heterocycles. The molecule has 0 N–H and O–H groups in total. The highest BCUT2D eigenvalue weighted by Gasteiger charge is 2.30. The van der Waals surface area contributed by atoms with Gasteiger partial charge in [-0.15, -0.1) is 0 Å². The summed E-state index contributed by atoms with van der Waals surface area (Å²) in [5.74, 6) is 1.82. The molecule has 24 heavy (non-hydrogen) atoms. The van der Waals surface area contributed by atoms with Gasteiger partial charge in [0.1, 0.15) is 6.26 Å². The van der Waals surface area contributed by atoms with Crippen molar-refractivity contribution in [3.63, 3.8) is 0 Å². The molecule has 0 spiro atoms. The first-order chi connectivity index (χ1) is 11.8. The average molecular weight is 332 g/mol. The summed E-state index contributed by atoms with van der Waals surface area (Å²) in [6.45, 7) is 1.83. The molecule has 128 valence electrons. The number of hydrogen-bond acceptors (Lipinski definition) is 7. The zero-order chi connectivity index (χ0) is 16.4. The van der Waals surface area contributed by atoms with Gasteiger partial charge in [0, 0.05) is 25.4 Å². The lowest BCUT2D eigenvalue weighted by molar-refractivity contribution is 0.00232. The number of piperidine rings is 1. The van der Waals surface area contributed by atoms with E-state index in [1.165, 1.54) is 12.7 Å². The molecule has 0 bridgehead atoms. The molecule has 2 aliphatic rings. The van der Waals surface area contributed by atoms with Gasteiger partial charge in [-0.2, -0.15) is 4.98 Å². The van der Waals surface area contributed by atoms with Crippen molar-refractivity contribution in [1.29, 1.82) is 0 Å². The molecule has 3 heterocycles. The Balaban J connectivity index is 1.24. The quantitative estimate of drug-likeness (QED) is 0.796. The number of oxazole rings is 1. The van der Waals surface area contributed by atoms with E-state index in [4.69, 9.17) is 13.7 Å². The molecule has 1 saturated carbocycles. The minimum atomic E-state index is -0.107. The first kappa shape index (κ1) is 15.3. The summed E-state index contributed by atoms with van der Waals surface area (Å²) in [7, 11) is 0. The van der Waals surface area contributed by atoms with Gasteiger partial charge in [-0.3, -0.25) is 4.79 Å². The summed E-state index contributed by atoms with van der Waals surface area (Å²) >= 11 is 0. The second-order valence-electron chi connectivity index (χ2n) is 6.33. The van der Waals surface area contributed by atoms with Crippen LogP contribution in [0.25, 0.3) is 0 Å². The van der Waals surface area contributed by atoms with Gasteiger partial charge >= 0.3 is 0 Å². The van der Waals surface area contributed by atoms with Crippen molar-refractivity contribution in [1.82, 2.24) is 20.0 Å². The molecule has 4 rings (SSSR count). The lowest BCUT2D eigenvalue weighted by Crippen LogP contribution is -2.43. The van der Waals surface area contributed by atoms with Crippen LogP contribution in [-0.2, 0) is 11.2 Å². The minimum Gasteiger partial charge on any atom is -0.451 e. The van der Waals surface area contributed by atoms with Crippen molar-refractivity contribution < 1.29 is 18.5 Å². The van der Waals surface area contributed by atoms with Gasteiger partial charge in [0.15, 0.2) is 17.9 Å². The van der Waals surface area contributed by atoms with Crippen molar-refractivity contribution in [2.45, 2.75) is 44.1 Å². The highest BCUT2D eigenvalue weighted by molar-refractivity contribution is 5.91. The van der Waals surface area contributed by atoms with Crippen LogP contribution in [0.2, 0.25) is 0 Å². The molecular formula is C16H20N4O4. The van der Waals surface area contributed by atoms with Crippen molar-refractivity contribution in [2.24, 2.45) is 0 Å². The molecule has 1 amide bonds. The Morgan fingerprint density at radius 3 is 3.08 bits per heavy atom. The maximum absolute atomic E-state index is 12.3. The van der Waals surface area contributed by atoms with Gasteiger partial charge in [0.2, 0.25) is 5.89 Å². The number of amides is 1. The van der Waals surface area contributed by atoms with Crippen LogP contribution in [0.5, 0.6) is 0 Å². The van der Waals surface area contributed by atoms with E-state index in [0.717, 1.165) is 38.1 Å². The predicted octanol–water partition coefficient (Wildman–Crippen LogP) is 1.80. The van der Waals surface area contributed by atoms with E-state index in [1.807, 2.05) is 0 Å². The molecule has 1 saturated heterocycles. The van der Waals surface area contributed by atoms with Crippen LogP contribution < -0.4 is 0 Å². The Hall–Kier alpha value is -2.22. The highest BCUT2D eigenvalue weighted by atomic mass is 16.5. The van der Waals surface area contributed by atoms with Crippen LogP contribution >= 0.6 is 0 Å². The molecule has 1 unspecified atom stereocenters. The Bertz CT molecular complexity index is 680. The number of carbonyl (C=O) groups is 1. The Morgan fingerprint density at radius 1 is 1.38 bits per heavy atom. The van der Waals surface area contributed by atoms with E-state index < -0.39 is 0 Å². The Kier molecular flexibility index (Phi) is 4.29. The van der Waals surface area contributed by atoms with Crippen LogP contribution in [0.3, 0.4) is 0 Å². The van der Waals surface area contributed by atoms with Gasteiger partial charge in [-0.05, 0) is 25.7 Å². The zero-order valence-corrected chi connectivity index (χ0v) is 13.4. The first-order valence-corrected chi connectivity index (χ1v) is 8.41. The summed E-state index contributed by atoms with van der Waals surface area (Å²) in [6.07, 6.45) is 7.47. The third-order valence-electron chi connectivity index (χ3n) is 4.41. The van der Waals surface area contributed by atoms with Crippen molar-refractivity contribution >= 4 is 5.91 Å². The molecule has 1 aliphatic carbocycles. The van der Waals surface area contributed by atoms with E-state index in [0.29, 0.717) is 37.0 Å². The molecule has 1 atom stereocenters. The third kappa shape index (κ3) is 3.48. The highest BCUT2D eigenvalue weighted by Crippen LogP contribution is 2.38. The smallest absolute Gasteiger partial charge is 0.275 e. The van der Waals surface area contributed by atoms with Crippen LogP contribution in [0.1, 0.15) is 53.8 Å². The third-order valence-corrected chi connectivity index (χ3v) is 4.41. The van der Waals surface area contributed by atoms with Gasteiger partial charge in [-0.1, -0.05) is 5.16 Å². The average Bonchev–Trinajstić information content (AvgIpc) is 3.12. The standard InChI is InChI=1S/C16H20N4O4/c21-16(13-9-22-10-17-13)20-6-1-2-12(8-20)23-7-5-14-18-15(24-19-14)11-3-4-11/h9-12H,1-8H2. The monoisotopic (exact) mass is 332 g/mol. The molecule has 0 radical (unpaired) electrons. The lowest BCUT2D eigenvalue weighted by Gasteiger charge is -2.32. The zero-order valence-electron chi connectivity index (χ0n) is 13.4. The number of ether oxygens (including phenoxy) is 1. The largest absolute Gasteiger partial charge is 0.451 e. The topological polar surface area (TPSA) is 94.5 Å². The Labute approximate surface area is 139 Å². The van der Waals surface area contributed by atoms with Crippen LogP contribution in [0, 0.1) is 0 Å². The fourth-order valence-electron chi connectivity index (χ4n) is 2.92. The van der Waals surface area contributed by atoms with Gasteiger partial charge in [-0.25, -0.2) is 4.98 Å². The first-order valence-electron chi connectivity index (χ1n) is 8.41.